The van der Waals surface area contributed by atoms with Crippen LogP contribution >= 0.6 is 23.8 Å². The van der Waals surface area contributed by atoms with Crippen molar-refractivity contribution in [3.8, 4) is 0 Å². The Morgan fingerprint density at radius 2 is 1.88 bits per heavy atom. The summed E-state index contributed by atoms with van der Waals surface area (Å²) >= 11 is 0.575. The summed E-state index contributed by atoms with van der Waals surface area (Å²) in [5.41, 5.74) is -4.00. The maximum atomic E-state index is 12.8. The number of benzene rings is 2. The third-order valence-electron chi connectivity index (χ3n) is 4.79. The van der Waals surface area contributed by atoms with Gasteiger partial charge in [-0.15, -0.1) is 16.8 Å². The van der Waals surface area contributed by atoms with E-state index in [9.17, 15) is 27.6 Å². The molecule has 0 aliphatic heterocycles. The fourth-order valence-electron chi connectivity index (χ4n) is 3.20. The molecule has 0 fully saturated rings. The molecule has 2 aromatic carbocycles. The summed E-state index contributed by atoms with van der Waals surface area (Å²) in [5.74, 6) is -0.359. The Bertz CT molecular complexity index is 1000. The smallest absolute Gasteiger partial charge is 0.342 e. The number of thioether (sulfide) groups is 1. The van der Waals surface area contributed by atoms with E-state index in [2.05, 4.69) is 11.2 Å². The first-order valence-electron chi connectivity index (χ1n) is 10.2. The lowest BCUT2D eigenvalue weighted by atomic mass is 9.99. The predicted molar refractivity (Wildman–Crippen MR) is 124 cm³/mol. The molecule has 0 atom stereocenters. The number of rotatable bonds is 11. The Morgan fingerprint density at radius 1 is 1.15 bits per heavy atom. The van der Waals surface area contributed by atoms with Gasteiger partial charge in [-0.2, -0.15) is 17.5 Å². The van der Waals surface area contributed by atoms with Crippen molar-refractivity contribution in [3.05, 3.63) is 41.5 Å². The fraction of sp³-hybridized carbons (Fsp3) is 0.409. The van der Waals surface area contributed by atoms with Crippen molar-refractivity contribution in [2.75, 3.05) is 18.8 Å². The molecule has 2 aromatic rings. The molecule has 0 saturated carbocycles. The SMILES string of the molecule is CCCCN(CCSc1ccc(C)c2c(C(=O)N(C=O)OSC(F)(F)F)cccc12)C(C)=O. The molecular formula is C22H25F3N2O4S2. The zero-order chi connectivity index (χ0) is 24.6. The number of amides is 3. The van der Waals surface area contributed by atoms with Crippen LogP contribution in [0.15, 0.2) is 35.2 Å². The number of imide groups is 1. The van der Waals surface area contributed by atoms with Crippen molar-refractivity contribution in [2.45, 2.75) is 44.0 Å². The van der Waals surface area contributed by atoms with Gasteiger partial charge in [0.25, 0.3) is 5.91 Å². The summed E-state index contributed by atoms with van der Waals surface area (Å²) in [4.78, 5) is 38.5. The normalized spacial score (nSPS) is 11.5. The van der Waals surface area contributed by atoms with Crippen molar-refractivity contribution in [1.82, 2.24) is 9.96 Å². The third-order valence-corrected chi connectivity index (χ3v) is 6.27. The van der Waals surface area contributed by atoms with Crippen LogP contribution in [0.25, 0.3) is 10.8 Å². The van der Waals surface area contributed by atoms with Crippen LogP contribution in [0.3, 0.4) is 0 Å². The van der Waals surface area contributed by atoms with Crippen LogP contribution in [0.5, 0.6) is 0 Å². The highest BCUT2D eigenvalue weighted by atomic mass is 32.2. The van der Waals surface area contributed by atoms with Gasteiger partial charge in [0.1, 0.15) is 12.0 Å². The van der Waals surface area contributed by atoms with Crippen LogP contribution < -0.4 is 0 Å². The number of halogens is 3. The highest BCUT2D eigenvalue weighted by Gasteiger charge is 2.33. The first-order chi connectivity index (χ1) is 15.6. The number of aryl methyl sites for hydroxylation is 1. The Balaban J connectivity index is 2.28. The van der Waals surface area contributed by atoms with Gasteiger partial charge in [-0.3, -0.25) is 14.4 Å². The summed E-state index contributed by atoms with van der Waals surface area (Å²) < 4.78 is 41.6. The van der Waals surface area contributed by atoms with Crippen molar-refractivity contribution < 1.29 is 31.8 Å². The van der Waals surface area contributed by atoms with E-state index in [-0.39, 0.29) is 22.9 Å². The van der Waals surface area contributed by atoms with Crippen molar-refractivity contribution in [3.63, 3.8) is 0 Å². The lowest BCUT2D eigenvalue weighted by Crippen LogP contribution is -2.31. The Hall–Kier alpha value is -2.24. The second-order valence-electron chi connectivity index (χ2n) is 7.16. The van der Waals surface area contributed by atoms with Crippen molar-refractivity contribution in [1.29, 1.82) is 0 Å². The molecule has 0 unspecified atom stereocenters. The molecule has 0 aliphatic rings. The first-order valence-corrected chi connectivity index (χ1v) is 11.9. The number of hydrogen-bond donors (Lipinski definition) is 0. The molecule has 11 heteroatoms. The van der Waals surface area contributed by atoms with E-state index < -0.39 is 23.5 Å². The fourth-order valence-corrected chi connectivity index (χ4v) is 4.49. The molecule has 6 nitrogen and oxygen atoms in total. The average Bonchev–Trinajstić information content (AvgIpc) is 2.76. The number of alkyl halides is 3. The summed E-state index contributed by atoms with van der Waals surface area (Å²) in [6.45, 7) is 6.62. The topological polar surface area (TPSA) is 66.9 Å². The molecule has 33 heavy (non-hydrogen) atoms. The summed E-state index contributed by atoms with van der Waals surface area (Å²) in [6, 6.07) is 8.54. The summed E-state index contributed by atoms with van der Waals surface area (Å²) in [7, 11) is 0. The number of fused-ring (bicyclic) bond motifs is 1. The van der Waals surface area contributed by atoms with Crippen LogP contribution in [0.2, 0.25) is 0 Å². The van der Waals surface area contributed by atoms with Gasteiger partial charge in [-0.05, 0) is 41.8 Å². The van der Waals surface area contributed by atoms with Crippen LogP contribution in [0.1, 0.15) is 42.6 Å². The summed E-state index contributed by atoms with van der Waals surface area (Å²) in [6.07, 6.45) is 1.81. The maximum absolute atomic E-state index is 12.8. The molecule has 3 amide bonds. The average molecular weight is 503 g/mol. The number of carbonyl (C=O) groups is 3. The monoisotopic (exact) mass is 502 g/mol. The molecule has 0 bridgehead atoms. The first kappa shape index (κ1) is 27.0. The van der Waals surface area contributed by atoms with Gasteiger partial charge < -0.3 is 4.90 Å². The van der Waals surface area contributed by atoms with Crippen LogP contribution in [0.4, 0.5) is 13.2 Å². The second-order valence-corrected chi connectivity index (χ2v) is 9.07. The van der Waals surface area contributed by atoms with Crippen LogP contribution in [-0.2, 0) is 13.9 Å². The molecule has 180 valence electrons. The zero-order valence-corrected chi connectivity index (χ0v) is 20.1. The van der Waals surface area contributed by atoms with Gasteiger partial charge in [0, 0.05) is 30.7 Å². The number of hydrogen-bond acceptors (Lipinski definition) is 6. The molecular weight excluding hydrogens is 477 g/mol. The van der Waals surface area contributed by atoms with Gasteiger partial charge in [0.2, 0.25) is 12.3 Å². The largest absolute Gasteiger partial charge is 0.470 e. The van der Waals surface area contributed by atoms with E-state index in [1.165, 1.54) is 24.8 Å². The molecule has 0 radical (unpaired) electrons. The number of carbonyl (C=O) groups excluding carboxylic acids is 3. The van der Waals surface area contributed by atoms with Crippen LogP contribution in [-0.4, -0.2) is 52.5 Å². The van der Waals surface area contributed by atoms with E-state index in [0.717, 1.165) is 28.7 Å². The molecule has 0 aromatic heterocycles. The van der Waals surface area contributed by atoms with Gasteiger partial charge in [0.05, 0.1) is 5.56 Å². The summed E-state index contributed by atoms with van der Waals surface area (Å²) in [5, 5.41) is 1.28. The third kappa shape index (κ3) is 7.65. The number of hydroxylamine groups is 2. The van der Waals surface area contributed by atoms with E-state index in [0.29, 0.717) is 24.2 Å². The highest BCUT2D eigenvalue weighted by Crippen LogP contribution is 2.34. The van der Waals surface area contributed by atoms with E-state index in [1.807, 2.05) is 6.07 Å². The maximum Gasteiger partial charge on any atom is 0.470 e. The Labute approximate surface area is 199 Å². The second kappa shape index (κ2) is 12.3. The van der Waals surface area contributed by atoms with Gasteiger partial charge in [0.15, 0.2) is 0 Å². The van der Waals surface area contributed by atoms with E-state index in [4.69, 9.17) is 0 Å². The lowest BCUT2D eigenvalue weighted by molar-refractivity contribution is -0.133. The minimum absolute atomic E-state index is 0.0105. The highest BCUT2D eigenvalue weighted by molar-refractivity contribution is 7.99. The Kier molecular flexibility index (Phi) is 10.1. The standard InChI is InChI=1S/C22H25F3N2O4S2/c1-4-5-11-26(16(3)29)12-13-32-19-10-9-15(2)20-17(19)7-6-8-18(20)21(30)27(14-28)31-33-22(23,24)25/h6-10,14H,4-5,11-13H2,1-3H3. The molecule has 0 spiro atoms. The molecule has 0 heterocycles. The molecule has 2 rings (SSSR count). The zero-order valence-electron chi connectivity index (χ0n) is 18.5. The van der Waals surface area contributed by atoms with Gasteiger partial charge in [-0.25, -0.2) is 0 Å². The quantitative estimate of drug-likeness (QED) is 0.173. The molecule has 0 saturated heterocycles. The van der Waals surface area contributed by atoms with Gasteiger partial charge in [-0.1, -0.05) is 31.5 Å². The minimum Gasteiger partial charge on any atom is -0.342 e. The minimum atomic E-state index is -4.77. The van der Waals surface area contributed by atoms with Crippen molar-refractivity contribution >= 4 is 52.8 Å². The predicted octanol–water partition coefficient (Wildman–Crippen LogP) is 5.59. The van der Waals surface area contributed by atoms with E-state index in [1.54, 1.807) is 30.0 Å². The lowest BCUT2D eigenvalue weighted by Gasteiger charge is -2.21. The number of nitrogens with zero attached hydrogens (tertiary/aromatic N) is 2. The van der Waals surface area contributed by atoms with Crippen LogP contribution in [0, 0.1) is 6.92 Å². The molecule has 0 aliphatic carbocycles. The van der Waals surface area contributed by atoms with E-state index >= 15 is 0 Å². The van der Waals surface area contributed by atoms with Gasteiger partial charge >= 0.3 is 5.51 Å². The number of unbranched alkanes of at least 4 members (excludes halogenated alkanes) is 1. The van der Waals surface area contributed by atoms with Crippen molar-refractivity contribution in [2.24, 2.45) is 0 Å². The molecule has 0 N–H and O–H groups in total. The Morgan fingerprint density at radius 3 is 2.48 bits per heavy atom.